The molecule has 0 saturated heterocycles. The zero-order chi connectivity index (χ0) is 10.9. The summed E-state index contributed by atoms with van der Waals surface area (Å²) >= 11 is 8.44. The van der Waals surface area contributed by atoms with E-state index >= 15 is 0 Å². The molecule has 14 heavy (non-hydrogen) atoms. The summed E-state index contributed by atoms with van der Waals surface area (Å²) in [6, 6.07) is 4.16. The molecule has 0 aliphatic carbocycles. The van der Waals surface area contributed by atoms with Gasteiger partial charge < -0.3 is 5.11 Å². The van der Waals surface area contributed by atoms with Crippen LogP contribution in [0, 0.1) is 0 Å². The molecule has 1 N–H and O–H groups in total. The van der Waals surface area contributed by atoms with E-state index in [0.29, 0.717) is 0 Å². The number of aliphatic hydroxyl groups excluding tert-OH is 1. The van der Waals surface area contributed by atoms with Gasteiger partial charge in [0.15, 0.2) is 6.10 Å². The number of benzene rings is 1. The van der Waals surface area contributed by atoms with Crippen LogP contribution in [0.4, 0.5) is 13.2 Å². The first-order valence-corrected chi connectivity index (χ1v) is 4.70. The second-order valence-corrected chi connectivity index (χ2v) is 3.84. The molecule has 0 fully saturated rings. The van der Waals surface area contributed by atoms with Crippen LogP contribution in [0.1, 0.15) is 11.7 Å². The van der Waals surface area contributed by atoms with Gasteiger partial charge in [0.25, 0.3) is 0 Å². The molecule has 6 heteroatoms. The van der Waals surface area contributed by atoms with E-state index in [1.807, 2.05) is 0 Å². The fraction of sp³-hybridized carbons (Fsp3) is 0.250. The van der Waals surface area contributed by atoms with Crippen molar-refractivity contribution in [1.29, 1.82) is 0 Å². The number of alkyl halides is 3. The van der Waals surface area contributed by atoms with E-state index in [1.54, 1.807) is 0 Å². The summed E-state index contributed by atoms with van der Waals surface area (Å²) in [4.78, 5) is 0. The van der Waals surface area contributed by atoms with Crippen LogP contribution in [0.2, 0.25) is 5.02 Å². The lowest BCUT2D eigenvalue weighted by molar-refractivity contribution is -0.207. The van der Waals surface area contributed by atoms with Crippen LogP contribution in [-0.2, 0) is 0 Å². The van der Waals surface area contributed by atoms with E-state index in [1.165, 1.54) is 18.2 Å². The average molecular weight is 289 g/mol. The van der Waals surface area contributed by atoms with Crippen LogP contribution in [0.3, 0.4) is 0 Å². The maximum Gasteiger partial charge on any atom is 0.418 e. The molecular formula is C8H5BrClF3O. The highest BCUT2D eigenvalue weighted by atomic mass is 79.9. The standard InChI is InChI=1S/C8H5BrClF3O/c9-4-2-1-3-5(10)6(4)7(14)8(11,12)13/h1-3,7,14H/t7-/m0/s1. The number of hydrogen-bond acceptors (Lipinski definition) is 1. The van der Waals surface area contributed by atoms with Crippen LogP contribution in [-0.4, -0.2) is 11.3 Å². The first-order valence-electron chi connectivity index (χ1n) is 3.52. The fourth-order valence-electron chi connectivity index (χ4n) is 0.936. The quantitative estimate of drug-likeness (QED) is 0.836. The van der Waals surface area contributed by atoms with Crippen molar-refractivity contribution in [2.24, 2.45) is 0 Å². The zero-order valence-electron chi connectivity index (χ0n) is 6.65. The van der Waals surface area contributed by atoms with Gasteiger partial charge >= 0.3 is 6.18 Å². The minimum absolute atomic E-state index is 0.121. The van der Waals surface area contributed by atoms with Crippen LogP contribution >= 0.6 is 27.5 Å². The molecule has 0 aliphatic heterocycles. The topological polar surface area (TPSA) is 20.2 Å². The Hall–Kier alpha value is -0.260. The molecule has 0 amide bonds. The van der Waals surface area contributed by atoms with Crippen LogP contribution < -0.4 is 0 Å². The highest BCUT2D eigenvalue weighted by Crippen LogP contribution is 2.39. The minimum Gasteiger partial charge on any atom is -0.379 e. The Kier molecular flexibility index (Phi) is 3.44. The number of rotatable bonds is 1. The van der Waals surface area contributed by atoms with Crippen molar-refractivity contribution in [2.45, 2.75) is 12.3 Å². The Morgan fingerprint density at radius 2 is 1.93 bits per heavy atom. The first-order chi connectivity index (χ1) is 6.34. The predicted octanol–water partition coefficient (Wildman–Crippen LogP) is 3.70. The third-order valence-corrected chi connectivity index (χ3v) is 2.60. The highest BCUT2D eigenvalue weighted by molar-refractivity contribution is 9.10. The third kappa shape index (κ3) is 2.40. The van der Waals surface area contributed by atoms with Gasteiger partial charge in [0.2, 0.25) is 0 Å². The summed E-state index contributed by atoms with van der Waals surface area (Å²) in [5.41, 5.74) is -0.360. The van der Waals surface area contributed by atoms with E-state index in [-0.39, 0.29) is 15.1 Å². The number of halogens is 5. The fourth-order valence-corrected chi connectivity index (χ4v) is 1.91. The van der Waals surface area contributed by atoms with Gasteiger partial charge in [-0.2, -0.15) is 13.2 Å². The zero-order valence-corrected chi connectivity index (χ0v) is 8.99. The molecule has 1 atom stereocenters. The van der Waals surface area contributed by atoms with Crippen LogP contribution in [0.25, 0.3) is 0 Å². The normalized spacial score (nSPS) is 14.1. The van der Waals surface area contributed by atoms with E-state index in [9.17, 15) is 13.2 Å². The maximum atomic E-state index is 12.2. The summed E-state index contributed by atoms with van der Waals surface area (Å²) in [5, 5.41) is 8.86. The molecular weight excluding hydrogens is 284 g/mol. The summed E-state index contributed by atoms with van der Waals surface area (Å²) in [6.45, 7) is 0. The van der Waals surface area contributed by atoms with Gasteiger partial charge in [-0.25, -0.2) is 0 Å². The highest BCUT2D eigenvalue weighted by Gasteiger charge is 2.41. The second kappa shape index (κ2) is 4.08. The smallest absolute Gasteiger partial charge is 0.379 e. The molecule has 1 aromatic carbocycles. The molecule has 1 rings (SSSR count). The minimum atomic E-state index is -4.71. The van der Waals surface area contributed by atoms with Gasteiger partial charge in [-0.15, -0.1) is 0 Å². The Morgan fingerprint density at radius 1 is 1.36 bits per heavy atom. The van der Waals surface area contributed by atoms with E-state index in [0.717, 1.165) is 0 Å². The Balaban J connectivity index is 3.19. The molecule has 0 spiro atoms. The van der Waals surface area contributed by atoms with Gasteiger partial charge in [-0.1, -0.05) is 33.6 Å². The SMILES string of the molecule is O[C@@H](c1c(Cl)cccc1Br)C(F)(F)F. The lowest BCUT2D eigenvalue weighted by atomic mass is 10.1. The lowest BCUT2D eigenvalue weighted by Crippen LogP contribution is -2.20. The van der Waals surface area contributed by atoms with Gasteiger partial charge in [-0.3, -0.25) is 0 Å². The number of aliphatic hydroxyl groups is 1. The monoisotopic (exact) mass is 288 g/mol. The Bertz CT molecular complexity index is 320. The Morgan fingerprint density at radius 3 is 2.36 bits per heavy atom. The van der Waals surface area contributed by atoms with Crippen molar-refractivity contribution in [3.63, 3.8) is 0 Å². The van der Waals surface area contributed by atoms with Gasteiger partial charge in [0.05, 0.1) is 0 Å². The van der Waals surface area contributed by atoms with Gasteiger partial charge in [0, 0.05) is 15.1 Å². The van der Waals surface area contributed by atoms with E-state index < -0.39 is 12.3 Å². The third-order valence-electron chi connectivity index (χ3n) is 1.58. The largest absolute Gasteiger partial charge is 0.418 e. The molecule has 1 aromatic rings. The van der Waals surface area contributed by atoms with E-state index in [2.05, 4.69) is 15.9 Å². The van der Waals surface area contributed by atoms with Gasteiger partial charge in [-0.05, 0) is 12.1 Å². The molecule has 0 heterocycles. The molecule has 0 aliphatic rings. The van der Waals surface area contributed by atoms with Crippen molar-refractivity contribution in [3.05, 3.63) is 33.3 Å². The van der Waals surface area contributed by atoms with E-state index in [4.69, 9.17) is 16.7 Å². The second-order valence-electron chi connectivity index (χ2n) is 2.58. The van der Waals surface area contributed by atoms with Crippen molar-refractivity contribution < 1.29 is 18.3 Å². The summed E-state index contributed by atoms with van der Waals surface area (Å²) < 4.78 is 36.6. The Labute approximate surface area is 91.6 Å². The van der Waals surface area contributed by atoms with Crippen molar-refractivity contribution in [3.8, 4) is 0 Å². The van der Waals surface area contributed by atoms with Crippen molar-refractivity contribution in [1.82, 2.24) is 0 Å². The van der Waals surface area contributed by atoms with Crippen molar-refractivity contribution in [2.75, 3.05) is 0 Å². The summed E-state index contributed by atoms with van der Waals surface area (Å²) in [7, 11) is 0. The molecule has 0 bridgehead atoms. The molecule has 0 aromatic heterocycles. The average Bonchev–Trinajstić information content (AvgIpc) is 2.01. The molecule has 78 valence electrons. The van der Waals surface area contributed by atoms with Crippen LogP contribution in [0.5, 0.6) is 0 Å². The first kappa shape index (κ1) is 11.8. The summed E-state index contributed by atoms with van der Waals surface area (Å²) in [5.74, 6) is 0. The van der Waals surface area contributed by atoms with Crippen molar-refractivity contribution >= 4 is 27.5 Å². The summed E-state index contributed by atoms with van der Waals surface area (Å²) in [6.07, 6.45) is -7.28. The molecule has 0 radical (unpaired) electrons. The maximum absolute atomic E-state index is 12.2. The molecule has 0 saturated carbocycles. The molecule has 1 nitrogen and oxygen atoms in total. The lowest BCUT2D eigenvalue weighted by Gasteiger charge is -2.17. The van der Waals surface area contributed by atoms with Crippen LogP contribution in [0.15, 0.2) is 22.7 Å². The molecule has 0 unspecified atom stereocenters. The number of hydrogen-bond donors (Lipinski definition) is 1. The van der Waals surface area contributed by atoms with Gasteiger partial charge in [0.1, 0.15) is 0 Å². The predicted molar refractivity (Wildman–Crippen MR) is 50.2 cm³/mol.